The maximum Gasteiger partial charge on any atom is 0.325 e. The van der Waals surface area contributed by atoms with Gasteiger partial charge in [0.1, 0.15) is 6.04 Å². The van der Waals surface area contributed by atoms with Gasteiger partial charge in [-0.15, -0.1) is 0 Å². The predicted molar refractivity (Wildman–Crippen MR) is 58.1 cm³/mol. The first-order valence-electron chi connectivity index (χ1n) is 4.75. The van der Waals surface area contributed by atoms with Crippen molar-refractivity contribution in [3.63, 3.8) is 0 Å². The summed E-state index contributed by atoms with van der Waals surface area (Å²) in [5.41, 5.74) is 5.08. The molecule has 4 nitrogen and oxygen atoms in total. The smallest absolute Gasteiger partial charge is 0.325 e. The third-order valence-corrected chi connectivity index (χ3v) is 1.45. The van der Waals surface area contributed by atoms with Crippen molar-refractivity contribution in [3.05, 3.63) is 36.4 Å². The monoisotopic (exact) mass is 211 g/mol. The molecule has 0 radical (unpaired) electrons. The van der Waals surface area contributed by atoms with Gasteiger partial charge in [0.15, 0.2) is 0 Å². The molecule has 3 N–H and O–H groups in total. The molecule has 0 aromatic heterocycles. The summed E-state index contributed by atoms with van der Waals surface area (Å²) in [4.78, 5) is 10.5. The number of rotatable bonds is 3. The van der Waals surface area contributed by atoms with Crippen LogP contribution in [0.2, 0.25) is 0 Å². The van der Waals surface area contributed by atoms with Crippen molar-refractivity contribution in [2.24, 2.45) is 5.73 Å². The first kappa shape index (κ1) is 13.6. The van der Waals surface area contributed by atoms with Crippen molar-refractivity contribution in [2.45, 2.75) is 13.0 Å². The van der Waals surface area contributed by atoms with Crippen molar-refractivity contribution in [2.75, 3.05) is 13.2 Å². The molecule has 15 heavy (non-hydrogen) atoms. The molecule has 0 heterocycles. The summed E-state index contributed by atoms with van der Waals surface area (Å²) in [5, 5.41) is 8.31. The van der Waals surface area contributed by atoms with Gasteiger partial charge in [-0.25, -0.2) is 0 Å². The third kappa shape index (κ3) is 7.66. The summed E-state index contributed by atoms with van der Waals surface area (Å²) < 4.78 is 4.47. The molecular weight excluding hydrogens is 194 g/mol. The SMILES string of the molecule is CCOC(=O)[C@@H](N)CO.c1ccccc1. The Labute approximate surface area is 89.7 Å². The van der Waals surface area contributed by atoms with Crippen LogP contribution < -0.4 is 5.73 Å². The van der Waals surface area contributed by atoms with Gasteiger partial charge in [0, 0.05) is 0 Å². The first-order valence-corrected chi connectivity index (χ1v) is 4.75. The number of ether oxygens (including phenoxy) is 1. The molecule has 0 spiro atoms. The van der Waals surface area contributed by atoms with E-state index in [4.69, 9.17) is 10.8 Å². The number of aliphatic hydroxyl groups excluding tert-OH is 1. The second kappa shape index (κ2) is 9.18. The lowest BCUT2D eigenvalue weighted by Crippen LogP contribution is -2.35. The topological polar surface area (TPSA) is 72.5 Å². The molecular formula is C11H17NO3. The Balaban J connectivity index is 0.000000280. The molecule has 0 unspecified atom stereocenters. The molecule has 0 aliphatic rings. The van der Waals surface area contributed by atoms with Gasteiger partial charge in [0.2, 0.25) is 0 Å². The van der Waals surface area contributed by atoms with E-state index in [-0.39, 0.29) is 6.61 Å². The van der Waals surface area contributed by atoms with Crippen molar-refractivity contribution < 1.29 is 14.6 Å². The fraction of sp³-hybridized carbons (Fsp3) is 0.364. The quantitative estimate of drug-likeness (QED) is 0.716. The van der Waals surface area contributed by atoms with Gasteiger partial charge in [0.25, 0.3) is 0 Å². The fourth-order valence-electron chi connectivity index (χ4n) is 0.709. The van der Waals surface area contributed by atoms with E-state index in [1.807, 2.05) is 36.4 Å². The lowest BCUT2D eigenvalue weighted by atomic mass is 10.3. The van der Waals surface area contributed by atoms with Crippen LogP contribution in [0.4, 0.5) is 0 Å². The molecule has 1 rings (SSSR count). The highest BCUT2D eigenvalue weighted by Gasteiger charge is 2.11. The summed E-state index contributed by atoms with van der Waals surface area (Å²) in [5.74, 6) is -0.556. The van der Waals surface area contributed by atoms with Crippen molar-refractivity contribution in [3.8, 4) is 0 Å². The lowest BCUT2D eigenvalue weighted by molar-refractivity contribution is -0.145. The number of hydrogen-bond acceptors (Lipinski definition) is 4. The molecule has 0 amide bonds. The molecule has 0 bridgehead atoms. The Hall–Kier alpha value is -1.39. The number of esters is 1. The van der Waals surface area contributed by atoms with Crippen LogP contribution in [0.3, 0.4) is 0 Å². The van der Waals surface area contributed by atoms with Gasteiger partial charge in [-0.05, 0) is 6.92 Å². The number of hydrogen-bond donors (Lipinski definition) is 2. The molecule has 0 saturated carbocycles. The number of carbonyl (C=O) groups is 1. The van der Waals surface area contributed by atoms with Crippen LogP contribution >= 0.6 is 0 Å². The minimum Gasteiger partial charge on any atom is -0.465 e. The predicted octanol–water partition coefficient (Wildman–Crippen LogP) is 0.556. The Morgan fingerprint density at radius 3 is 1.93 bits per heavy atom. The number of nitrogens with two attached hydrogens (primary N) is 1. The van der Waals surface area contributed by atoms with Crippen molar-refractivity contribution >= 4 is 5.97 Å². The van der Waals surface area contributed by atoms with Crippen LogP contribution in [-0.4, -0.2) is 30.3 Å². The number of aliphatic hydroxyl groups is 1. The minimum absolute atomic E-state index is 0.298. The zero-order chi connectivity index (χ0) is 11.5. The standard InChI is InChI=1S/C6H6.C5H11NO3/c1-2-4-6-5-3-1;1-2-9-5(8)4(6)3-7/h1-6H;4,7H,2-3,6H2,1H3/t;4-/m.0/s1. The summed E-state index contributed by atoms with van der Waals surface area (Å²) in [6, 6.07) is 11.1. The van der Waals surface area contributed by atoms with Gasteiger partial charge in [-0.3, -0.25) is 4.79 Å². The third-order valence-electron chi connectivity index (χ3n) is 1.45. The van der Waals surface area contributed by atoms with Gasteiger partial charge in [-0.1, -0.05) is 36.4 Å². The van der Waals surface area contributed by atoms with E-state index in [9.17, 15) is 4.79 Å². The first-order chi connectivity index (χ1) is 7.22. The minimum atomic E-state index is -0.884. The summed E-state index contributed by atoms with van der Waals surface area (Å²) in [7, 11) is 0. The molecule has 84 valence electrons. The number of carbonyl (C=O) groups excluding carboxylic acids is 1. The molecule has 0 saturated heterocycles. The van der Waals surface area contributed by atoms with Crippen molar-refractivity contribution in [1.82, 2.24) is 0 Å². The molecule has 0 fully saturated rings. The Morgan fingerprint density at radius 1 is 1.27 bits per heavy atom. The Kier molecular flexibility index (Phi) is 8.33. The molecule has 1 atom stereocenters. The largest absolute Gasteiger partial charge is 0.465 e. The van der Waals surface area contributed by atoms with E-state index in [0.29, 0.717) is 6.61 Å². The highest BCUT2D eigenvalue weighted by atomic mass is 16.5. The van der Waals surface area contributed by atoms with E-state index in [1.165, 1.54) is 0 Å². The maximum absolute atomic E-state index is 10.5. The normalized spacial score (nSPS) is 10.9. The Bertz CT molecular complexity index is 225. The van der Waals surface area contributed by atoms with Gasteiger partial charge in [0.05, 0.1) is 13.2 Å². The van der Waals surface area contributed by atoms with Crippen LogP contribution in [-0.2, 0) is 9.53 Å². The van der Waals surface area contributed by atoms with Crippen LogP contribution in [0.1, 0.15) is 6.92 Å². The summed E-state index contributed by atoms with van der Waals surface area (Å²) >= 11 is 0. The van der Waals surface area contributed by atoms with E-state index in [0.717, 1.165) is 0 Å². The van der Waals surface area contributed by atoms with E-state index >= 15 is 0 Å². The molecule has 4 heteroatoms. The van der Waals surface area contributed by atoms with Crippen LogP contribution in [0, 0.1) is 0 Å². The second-order valence-electron chi connectivity index (χ2n) is 2.70. The molecule has 0 aliphatic heterocycles. The van der Waals surface area contributed by atoms with Crippen molar-refractivity contribution in [1.29, 1.82) is 0 Å². The average Bonchev–Trinajstić information content (AvgIpc) is 2.31. The zero-order valence-electron chi connectivity index (χ0n) is 8.80. The highest BCUT2D eigenvalue weighted by Crippen LogP contribution is 1.82. The summed E-state index contributed by atoms with van der Waals surface area (Å²) in [6.07, 6.45) is 0. The van der Waals surface area contributed by atoms with Crippen LogP contribution in [0.5, 0.6) is 0 Å². The molecule has 0 aliphatic carbocycles. The second-order valence-corrected chi connectivity index (χ2v) is 2.70. The number of benzene rings is 1. The highest BCUT2D eigenvalue weighted by molar-refractivity contribution is 5.75. The van der Waals surface area contributed by atoms with Gasteiger partial charge < -0.3 is 15.6 Å². The maximum atomic E-state index is 10.5. The lowest BCUT2D eigenvalue weighted by Gasteiger charge is -2.05. The van der Waals surface area contributed by atoms with E-state index < -0.39 is 12.0 Å². The van der Waals surface area contributed by atoms with Crippen LogP contribution in [0.25, 0.3) is 0 Å². The fourth-order valence-corrected chi connectivity index (χ4v) is 0.709. The molecule has 1 aromatic rings. The van der Waals surface area contributed by atoms with Gasteiger partial charge in [-0.2, -0.15) is 0 Å². The summed E-state index contributed by atoms with van der Waals surface area (Å²) in [6.45, 7) is 1.62. The average molecular weight is 211 g/mol. The zero-order valence-corrected chi connectivity index (χ0v) is 8.80. The van der Waals surface area contributed by atoms with Crippen LogP contribution in [0.15, 0.2) is 36.4 Å². The van der Waals surface area contributed by atoms with Gasteiger partial charge >= 0.3 is 5.97 Å². The van der Waals surface area contributed by atoms with E-state index in [1.54, 1.807) is 6.92 Å². The van der Waals surface area contributed by atoms with E-state index in [2.05, 4.69) is 4.74 Å². The molecule has 1 aromatic carbocycles. The Morgan fingerprint density at radius 2 is 1.67 bits per heavy atom.